The molecule has 48 heavy (non-hydrogen) atoms. The molecule has 1 aliphatic heterocycles. The second-order valence-electron chi connectivity index (χ2n) is 10.7. The van der Waals surface area contributed by atoms with Gasteiger partial charge in [0.1, 0.15) is 41.8 Å². The Morgan fingerprint density at radius 3 is 2.42 bits per heavy atom. The fourth-order valence-electron chi connectivity index (χ4n) is 5.35. The summed E-state index contributed by atoms with van der Waals surface area (Å²) >= 11 is 0. The van der Waals surface area contributed by atoms with Crippen LogP contribution in [0.3, 0.4) is 0 Å². The van der Waals surface area contributed by atoms with E-state index in [4.69, 9.17) is 16.2 Å². The Morgan fingerprint density at radius 1 is 1.06 bits per heavy atom. The van der Waals surface area contributed by atoms with Gasteiger partial charge in [0, 0.05) is 18.4 Å². The van der Waals surface area contributed by atoms with Crippen molar-refractivity contribution >= 4 is 46.4 Å². The molecular formula is C22H28N7O16P3-2. The molecule has 0 radical (unpaired) electrons. The van der Waals surface area contributed by atoms with Crippen molar-refractivity contribution in [2.75, 3.05) is 18.9 Å². The molecule has 8 N–H and O–H groups in total. The van der Waals surface area contributed by atoms with E-state index < -0.39 is 91.3 Å². The summed E-state index contributed by atoms with van der Waals surface area (Å²) in [5.41, 5.74) is 11.2. The smallest absolute Gasteiger partial charge is 0.274 e. The van der Waals surface area contributed by atoms with Crippen LogP contribution >= 0.6 is 23.5 Å². The summed E-state index contributed by atoms with van der Waals surface area (Å²) in [4.78, 5) is 68.8. The van der Waals surface area contributed by atoms with Crippen molar-refractivity contribution in [3.05, 3.63) is 42.7 Å². The number of rotatable bonds is 13. The van der Waals surface area contributed by atoms with E-state index in [0.717, 1.165) is 17.2 Å². The highest BCUT2D eigenvalue weighted by atomic mass is 31.3. The summed E-state index contributed by atoms with van der Waals surface area (Å²) in [5.74, 6) is -1.87. The number of primary amides is 1. The standard InChI is InChI=1S/C22H30N7O16P3/c23-19-14-21(26-8-25-19)29(9-27-14)22-17(32)18(44-46(34,35)36)13(43-22)7-42-48(39,40)45-47(37,38)41-6-11-4-12(16(31)15(11)30)28-3-1-2-10(5-28)20(24)33/h1-3,5,8-9,11-13,15-18,22,30-32H,4,6-7H2,(H7-,23,24,25,26,33,34,35,36,37,38,39,40)/p-2. The first kappa shape index (κ1) is 36.5. The second-order valence-corrected chi connectivity index (χ2v) is 14.8. The zero-order valence-electron chi connectivity index (χ0n) is 24.1. The van der Waals surface area contributed by atoms with Gasteiger partial charge < -0.3 is 64.7 Å². The third kappa shape index (κ3) is 8.13. The van der Waals surface area contributed by atoms with E-state index in [-0.39, 0.29) is 29.0 Å². The number of ether oxygens (including phenoxy) is 1. The molecule has 2 aliphatic rings. The molecule has 26 heteroatoms. The number of carbonyl (C=O) groups is 1. The predicted octanol–water partition coefficient (Wildman–Crippen LogP) is -4.13. The van der Waals surface area contributed by atoms with E-state index in [1.807, 2.05) is 0 Å². The van der Waals surface area contributed by atoms with Gasteiger partial charge >= 0.3 is 0 Å². The number of aliphatic hydroxyl groups is 3. The average Bonchev–Trinajstić information content (AvgIpc) is 3.64. The van der Waals surface area contributed by atoms with Crippen LogP contribution in [0, 0.1) is 5.92 Å². The third-order valence-corrected chi connectivity index (χ3v) is 10.6. The number of nitrogens with zero attached hydrogens (tertiary/aromatic N) is 5. The highest BCUT2D eigenvalue weighted by Gasteiger charge is 2.49. The summed E-state index contributed by atoms with van der Waals surface area (Å²) in [6.45, 7) is -2.05. The van der Waals surface area contributed by atoms with Gasteiger partial charge in [-0.1, -0.05) is 0 Å². The molecule has 0 aromatic carbocycles. The van der Waals surface area contributed by atoms with Gasteiger partial charge in [-0.2, -0.15) is 4.57 Å². The number of hydrogen-bond acceptors (Lipinski definition) is 19. The van der Waals surface area contributed by atoms with E-state index in [2.05, 4.69) is 32.8 Å². The van der Waals surface area contributed by atoms with Crippen molar-refractivity contribution in [2.45, 2.75) is 49.2 Å². The van der Waals surface area contributed by atoms with Crippen molar-refractivity contribution in [3.8, 4) is 0 Å². The molecule has 3 aromatic heterocycles. The van der Waals surface area contributed by atoms with Gasteiger partial charge in [0.25, 0.3) is 29.4 Å². The van der Waals surface area contributed by atoms with Gasteiger partial charge in [-0.25, -0.2) is 19.3 Å². The third-order valence-electron chi connectivity index (χ3n) is 7.53. The molecule has 2 fully saturated rings. The van der Waals surface area contributed by atoms with Gasteiger partial charge in [0.2, 0.25) is 0 Å². The lowest BCUT2D eigenvalue weighted by atomic mass is 10.1. The van der Waals surface area contributed by atoms with Crippen LogP contribution in [0.2, 0.25) is 0 Å². The Bertz CT molecular complexity index is 1810. The Balaban J connectivity index is 1.22. The van der Waals surface area contributed by atoms with Crippen LogP contribution in [0.4, 0.5) is 5.82 Å². The van der Waals surface area contributed by atoms with Crippen LogP contribution in [0.5, 0.6) is 0 Å². The molecule has 11 unspecified atom stereocenters. The van der Waals surface area contributed by atoms with Crippen LogP contribution in [-0.4, -0.2) is 89.4 Å². The predicted molar refractivity (Wildman–Crippen MR) is 147 cm³/mol. The fraction of sp³-hybridized carbons (Fsp3) is 0.500. The van der Waals surface area contributed by atoms with Gasteiger partial charge in [-0.05, 0) is 6.07 Å². The number of phosphoric ester groups is 3. The molecule has 0 bridgehead atoms. The fourth-order valence-corrected chi connectivity index (χ4v) is 7.98. The lowest BCUT2D eigenvalue weighted by Crippen LogP contribution is -2.45. The monoisotopic (exact) mass is 739 g/mol. The summed E-state index contributed by atoms with van der Waals surface area (Å²) < 4.78 is 62.2. The highest BCUT2D eigenvalue weighted by molar-refractivity contribution is 7.59. The molecule has 1 aliphatic carbocycles. The largest absolute Gasteiger partial charge is 0.756 e. The number of amides is 1. The first-order valence-electron chi connectivity index (χ1n) is 13.6. The first-order valence-corrected chi connectivity index (χ1v) is 18.1. The molecule has 1 saturated heterocycles. The van der Waals surface area contributed by atoms with Crippen LogP contribution < -0.4 is 30.7 Å². The molecule has 1 amide bonds. The molecule has 4 heterocycles. The number of carbonyl (C=O) groups excluding carboxylic acids is 1. The van der Waals surface area contributed by atoms with Crippen LogP contribution in [0.1, 0.15) is 29.0 Å². The number of phosphoric acid groups is 3. The lowest BCUT2D eigenvalue weighted by molar-refractivity contribution is -0.728. The lowest BCUT2D eigenvalue weighted by Gasteiger charge is -2.32. The van der Waals surface area contributed by atoms with Gasteiger partial charge in [0.15, 0.2) is 36.1 Å². The Labute approximate surface area is 269 Å². The molecular weight excluding hydrogens is 711 g/mol. The maximum Gasteiger partial charge on any atom is 0.274 e. The quantitative estimate of drug-likeness (QED) is 0.0716. The van der Waals surface area contributed by atoms with Gasteiger partial charge in [0.05, 0.1) is 25.6 Å². The maximum atomic E-state index is 12.5. The van der Waals surface area contributed by atoms with Crippen molar-refractivity contribution < 1.29 is 80.6 Å². The van der Waals surface area contributed by atoms with E-state index in [9.17, 15) is 53.4 Å². The zero-order valence-corrected chi connectivity index (χ0v) is 26.8. The molecule has 3 aromatic rings. The maximum absolute atomic E-state index is 12.5. The van der Waals surface area contributed by atoms with Gasteiger partial charge in [-0.15, -0.1) is 0 Å². The summed E-state index contributed by atoms with van der Waals surface area (Å²) in [6.07, 6.45) is -5.42. The normalized spacial score (nSPS) is 31.3. The Morgan fingerprint density at radius 2 is 1.75 bits per heavy atom. The number of hydrogen-bond donors (Lipinski definition) is 6. The number of fused-ring (bicyclic) bond motifs is 1. The van der Waals surface area contributed by atoms with Crippen molar-refractivity contribution in [2.24, 2.45) is 11.7 Å². The van der Waals surface area contributed by atoms with E-state index in [1.165, 1.54) is 29.1 Å². The first-order chi connectivity index (χ1) is 22.4. The van der Waals surface area contributed by atoms with E-state index in [0.29, 0.717) is 0 Å². The number of pyridine rings is 1. The molecule has 0 spiro atoms. The molecule has 5 rings (SSSR count). The number of anilines is 1. The zero-order chi connectivity index (χ0) is 35.2. The number of nitrogens with two attached hydrogens (primary N) is 2. The summed E-state index contributed by atoms with van der Waals surface area (Å²) in [6, 6.07) is 2.04. The minimum atomic E-state index is -5.85. The molecule has 264 valence electrons. The summed E-state index contributed by atoms with van der Waals surface area (Å²) in [7, 11) is -17.2. The van der Waals surface area contributed by atoms with E-state index >= 15 is 0 Å². The minimum absolute atomic E-state index is 0.00689. The van der Waals surface area contributed by atoms with Gasteiger partial charge in [-0.3, -0.25) is 23.1 Å². The number of nitrogen functional groups attached to an aromatic ring is 1. The minimum Gasteiger partial charge on any atom is -0.756 e. The number of aromatic nitrogens is 5. The highest BCUT2D eigenvalue weighted by Crippen LogP contribution is 2.56. The van der Waals surface area contributed by atoms with Crippen molar-refractivity contribution in [1.82, 2.24) is 19.5 Å². The SMILES string of the molecule is NC(=O)c1ccc[n+](C2CC(COP(=O)([O-])OP(=O)([O-])OCC3OC(n4cnc5c(N)ncnc54)C(O)C3OP(=O)([O-])O)C(O)C2O)c1. The van der Waals surface area contributed by atoms with Crippen LogP contribution in [0.25, 0.3) is 11.2 Å². The van der Waals surface area contributed by atoms with Crippen LogP contribution in [-0.2, 0) is 36.3 Å². The van der Waals surface area contributed by atoms with Crippen molar-refractivity contribution in [3.63, 3.8) is 0 Å². The van der Waals surface area contributed by atoms with E-state index in [1.54, 1.807) is 0 Å². The molecule has 23 nitrogen and oxygen atoms in total. The average molecular weight is 739 g/mol. The Kier molecular flexibility index (Phi) is 10.5. The number of imidazole rings is 1. The number of aliphatic hydroxyl groups excluding tert-OH is 3. The molecule has 1 saturated carbocycles. The second kappa shape index (κ2) is 13.8. The molecule has 11 atom stereocenters. The Hall–Kier alpha value is -2.82. The van der Waals surface area contributed by atoms with Crippen molar-refractivity contribution in [1.29, 1.82) is 0 Å². The topological polar surface area (TPSA) is 364 Å². The summed E-state index contributed by atoms with van der Waals surface area (Å²) in [5, 5.41) is 31.8. The van der Waals surface area contributed by atoms with Crippen LogP contribution in [0.15, 0.2) is 37.2 Å².